The molecule has 0 radical (unpaired) electrons. The maximum Gasteiger partial charge on any atom is 0.241 e. The topological polar surface area (TPSA) is 138 Å². The standard InChI is InChI=1S/C19H19FN4O4S.H2S/c20-16-7-12(5-6-15(16)17-9-23-19(21)10-22-17)14-3-1-2-4-18(14)29(27,28)24-8-13(26)11-25;/h1-7,9-10,13,24-26H,8,11H2,(H2,21,23);1H2/t13-;/m0./s1. The van der Waals surface area contributed by atoms with Crippen LogP contribution in [0.4, 0.5) is 10.2 Å². The number of sulfonamides is 1. The third kappa shape index (κ3) is 5.32. The number of benzene rings is 2. The molecule has 30 heavy (non-hydrogen) atoms. The molecule has 5 N–H and O–H groups in total. The van der Waals surface area contributed by atoms with Crippen molar-refractivity contribution in [3.05, 3.63) is 60.7 Å². The minimum Gasteiger partial charge on any atom is -0.394 e. The summed E-state index contributed by atoms with van der Waals surface area (Å²) in [6.07, 6.45) is 1.44. The van der Waals surface area contributed by atoms with Crippen LogP contribution in [0, 0.1) is 5.82 Å². The summed E-state index contributed by atoms with van der Waals surface area (Å²) in [6, 6.07) is 10.4. The van der Waals surface area contributed by atoms with Crippen molar-refractivity contribution in [2.24, 2.45) is 0 Å². The maximum atomic E-state index is 14.7. The lowest BCUT2D eigenvalue weighted by atomic mass is 10.0. The summed E-state index contributed by atoms with van der Waals surface area (Å²) in [5.74, 6) is -0.388. The van der Waals surface area contributed by atoms with Gasteiger partial charge in [0.25, 0.3) is 0 Å². The van der Waals surface area contributed by atoms with Gasteiger partial charge in [0.1, 0.15) is 11.6 Å². The largest absolute Gasteiger partial charge is 0.394 e. The number of nitrogen functional groups attached to an aromatic ring is 1. The Morgan fingerprint density at radius 3 is 2.47 bits per heavy atom. The molecule has 8 nitrogen and oxygen atoms in total. The van der Waals surface area contributed by atoms with Crippen LogP contribution < -0.4 is 10.5 Å². The van der Waals surface area contributed by atoms with Crippen LogP contribution in [0.2, 0.25) is 0 Å². The normalized spacial score (nSPS) is 12.2. The van der Waals surface area contributed by atoms with Crippen LogP contribution in [0.3, 0.4) is 0 Å². The van der Waals surface area contributed by atoms with E-state index in [4.69, 9.17) is 10.8 Å². The summed E-state index contributed by atoms with van der Waals surface area (Å²) in [4.78, 5) is 7.85. The van der Waals surface area contributed by atoms with E-state index in [-0.39, 0.29) is 41.9 Å². The van der Waals surface area contributed by atoms with Crippen molar-refractivity contribution < 1.29 is 23.0 Å². The van der Waals surface area contributed by atoms with Crippen LogP contribution >= 0.6 is 13.5 Å². The van der Waals surface area contributed by atoms with Crippen molar-refractivity contribution in [1.29, 1.82) is 0 Å². The van der Waals surface area contributed by atoms with Crippen LogP contribution in [-0.2, 0) is 10.0 Å². The van der Waals surface area contributed by atoms with Gasteiger partial charge in [-0.2, -0.15) is 13.5 Å². The van der Waals surface area contributed by atoms with Crippen molar-refractivity contribution in [2.75, 3.05) is 18.9 Å². The third-order valence-electron chi connectivity index (χ3n) is 4.12. The Balaban J connectivity index is 0.00000320. The van der Waals surface area contributed by atoms with Crippen molar-refractivity contribution in [3.63, 3.8) is 0 Å². The van der Waals surface area contributed by atoms with Gasteiger partial charge in [-0.05, 0) is 23.8 Å². The first-order chi connectivity index (χ1) is 13.8. The van der Waals surface area contributed by atoms with E-state index >= 15 is 0 Å². The number of nitrogens with zero attached hydrogens (tertiary/aromatic N) is 2. The summed E-state index contributed by atoms with van der Waals surface area (Å²) in [5.41, 5.74) is 6.62. The average molecular weight is 453 g/mol. The number of nitrogens with two attached hydrogens (primary N) is 1. The van der Waals surface area contributed by atoms with Gasteiger partial charge in [0.2, 0.25) is 10.0 Å². The molecule has 0 aliphatic heterocycles. The molecule has 160 valence electrons. The van der Waals surface area contributed by atoms with Gasteiger partial charge in [0, 0.05) is 17.7 Å². The number of anilines is 1. The zero-order valence-corrected chi connectivity index (χ0v) is 17.5. The van der Waals surface area contributed by atoms with E-state index in [1.54, 1.807) is 18.2 Å². The highest BCUT2D eigenvalue weighted by molar-refractivity contribution is 7.89. The predicted molar refractivity (Wildman–Crippen MR) is 116 cm³/mol. The second-order valence-electron chi connectivity index (χ2n) is 6.21. The lowest BCUT2D eigenvalue weighted by molar-refractivity contribution is 0.0988. The zero-order valence-electron chi connectivity index (χ0n) is 15.7. The van der Waals surface area contributed by atoms with E-state index < -0.39 is 28.6 Å². The second kappa shape index (κ2) is 9.96. The fourth-order valence-electron chi connectivity index (χ4n) is 2.66. The van der Waals surface area contributed by atoms with Crippen molar-refractivity contribution >= 4 is 29.3 Å². The molecule has 11 heteroatoms. The minimum atomic E-state index is -4.00. The van der Waals surface area contributed by atoms with Gasteiger partial charge in [-0.1, -0.05) is 24.3 Å². The number of hydrogen-bond donors (Lipinski definition) is 4. The van der Waals surface area contributed by atoms with E-state index in [2.05, 4.69) is 14.7 Å². The van der Waals surface area contributed by atoms with Crippen molar-refractivity contribution in [2.45, 2.75) is 11.0 Å². The monoisotopic (exact) mass is 452 g/mol. The van der Waals surface area contributed by atoms with Gasteiger partial charge in [-0.3, -0.25) is 4.98 Å². The Morgan fingerprint density at radius 2 is 1.83 bits per heavy atom. The maximum absolute atomic E-state index is 14.7. The second-order valence-corrected chi connectivity index (χ2v) is 7.94. The number of nitrogens with one attached hydrogen (secondary N) is 1. The third-order valence-corrected chi connectivity index (χ3v) is 5.61. The first-order valence-electron chi connectivity index (χ1n) is 8.57. The molecule has 0 aliphatic rings. The predicted octanol–water partition coefficient (Wildman–Crippen LogP) is 1.28. The quantitative estimate of drug-likeness (QED) is 0.423. The van der Waals surface area contributed by atoms with E-state index in [0.29, 0.717) is 11.3 Å². The molecule has 1 aromatic heterocycles. The van der Waals surface area contributed by atoms with Gasteiger partial charge in [-0.15, -0.1) is 0 Å². The molecular weight excluding hydrogens is 431 g/mol. The Kier molecular flexibility index (Phi) is 7.87. The molecule has 0 aliphatic carbocycles. The average Bonchev–Trinajstić information content (AvgIpc) is 2.73. The molecule has 0 saturated carbocycles. The number of aromatic nitrogens is 2. The lowest BCUT2D eigenvalue weighted by Gasteiger charge is -2.14. The molecule has 2 aromatic carbocycles. The number of rotatable bonds is 7. The molecular formula is C19H21FN4O4S2. The number of hydrogen-bond acceptors (Lipinski definition) is 7. The van der Waals surface area contributed by atoms with Crippen LogP contribution in [-0.4, -0.2) is 47.9 Å². The molecule has 1 atom stereocenters. The Labute approximate surface area is 180 Å². The van der Waals surface area contributed by atoms with E-state index in [9.17, 15) is 17.9 Å². The van der Waals surface area contributed by atoms with Crippen LogP contribution in [0.5, 0.6) is 0 Å². The molecule has 3 rings (SSSR count). The molecule has 0 saturated heterocycles. The van der Waals surface area contributed by atoms with Crippen LogP contribution in [0.15, 0.2) is 59.8 Å². The van der Waals surface area contributed by atoms with E-state index in [1.165, 1.54) is 36.7 Å². The van der Waals surface area contributed by atoms with E-state index in [1.807, 2.05) is 0 Å². The smallest absolute Gasteiger partial charge is 0.241 e. The molecule has 0 bridgehead atoms. The molecule has 0 unspecified atom stereocenters. The van der Waals surface area contributed by atoms with E-state index in [0.717, 1.165) is 0 Å². The van der Waals surface area contributed by atoms with Crippen LogP contribution in [0.25, 0.3) is 22.4 Å². The fourth-order valence-corrected chi connectivity index (χ4v) is 3.96. The molecule has 0 spiro atoms. The summed E-state index contributed by atoms with van der Waals surface area (Å²) < 4.78 is 42.2. The highest BCUT2D eigenvalue weighted by Crippen LogP contribution is 2.31. The highest BCUT2D eigenvalue weighted by Gasteiger charge is 2.21. The zero-order chi connectivity index (χ0) is 21.0. The Morgan fingerprint density at radius 1 is 1.10 bits per heavy atom. The van der Waals surface area contributed by atoms with Gasteiger partial charge < -0.3 is 15.9 Å². The summed E-state index contributed by atoms with van der Waals surface area (Å²) in [5, 5.41) is 18.3. The number of halogens is 1. The molecule has 3 aromatic rings. The number of aliphatic hydroxyl groups is 2. The summed E-state index contributed by atoms with van der Waals surface area (Å²) >= 11 is 0. The first-order valence-corrected chi connectivity index (χ1v) is 10.1. The fraction of sp³-hybridized carbons (Fsp3) is 0.158. The highest BCUT2D eigenvalue weighted by atomic mass is 32.2. The Bertz CT molecular complexity index is 1110. The summed E-state index contributed by atoms with van der Waals surface area (Å²) in [7, 11) is -4.00. The SMILES string of the molecule is Nc1cnc(-c2ccc(-c3ccccc3S(=O)(=O)NC[C@H](O)CO)cc2F)cn1.S. The Hall–Kier alpha value is -2.57. The van der Waals surface area contributed by atoms with Crippen LogP contribution in [0.1, 0.15) is 0 Å². The molecule has 0 fully saturated rings. The lowest BCUT2D eigenvalue weighted by Crippen LogP contribution is -2.34. The van der Waals surface area contributed by atoms with Gasteiger partial charge >= 0.3 is 0 Å². The molecule has 1 heterocycles. The van der Waals surface area contributed by atoms with Gasteiger partial charge in [0.15, 0.2) is 0 Å². The van der Waals surface area contributed by atoms with Gasteiger partial charge in [0.05, 0.1) is 35.7 Å². The van der Waals surface area contributed by atoms with Gasteiger partial charge in [-0.25, -0.2) is 22.5 Å². The number of aliphatic hydroxyl groups excluding tert-OH is 2. The minimum absolute atomic E-state index is 0. The first kappa shape index (κ1) is 23.7. The van der Waals surface area contributed by atoms with Crippen molar-refractivity contribution in [3.8, 4) is 22.4 Å². The summed E-state index contributed by atoms with van der Waals surface area (Å²) in [6.45, 7) is -0.929. The molecule has 0 amide bonds. The van der Waals surface area contributed by atoms with Crippen molar-refractivity contribution in [1.82, 2.24) is 14.7 Å².